The van der Waals surface area contributed by atoms with Crippen LogP contribution in [0, 0.1) is 5.82 Å². The van der Waals surface area contributed by atoms with Crippen LogP contribution < -0.4 is 4.74 Å². The van der Waals surface area contributed by atoms with Crippen molar-refractivity contribution in [1.29, 1.82) is 0 Å². The van der Waals surface area contributed by atoms with Crippen LogP contribution in [-0.2, 0) is 13.0 Å². The van der Waals surface area contributed by atoms with Crippen LogP contribution in [0.25, 0.3) is 10.9 Å². The third-order valence-electron chi connectivity index (χ3n) is 5.90. The van der Waals surface area contributed by atoms with E-state index in [9.17, 15) is 4.39 Å². The van der Waals surface area contributed by atoms with Crippen molar-refractivity contribution in [1.82, 2.24) is 9.88 Å². The van der Waals surface area contributed by atoms with Crippen molar-refractivity contribution in [3.63, 3.8) is 0 Å². The lowest BCUT2D eigenvalue weighted by Gasteiger charge is -2.36. The summed E-state index contributed by atoms with van der Waals surface area (Å²) in [6, 6.07) is 23.8. The Hall–Kier alpha value is -3.11. The monoisotopic (exact) mass is 386 g/mol. The summed E-state index contributed by atoms with van der Waals surface area (Å²) in [6.45, 7) is 1.44. The zero-order valence-electron chi connectivity index (χ0n) is 16.4. The van der Waals surface area contributed by atoms with Gasteiger partial charge in [0.1, 0.15) is 11.6 Å². The summed E-state index contributed by atoms with van der Waals surface area (Å²) in [7, 11) is 1.68. The first-order valence-corrected chi connectivity index (χ1v) is 9.95. The number of aromatic amines is 1. The summed E-state index contributed by atoms with van der Waals surface area (Å²) in [5.41, 5.74) is 5.63. The molecule has 5 rings (SSSR count). The highest BCUT2D eigenvalue weighted by Crippen LogP contribution is 2.39. The zero-order valence-corrected chi connectivity index (χ0v) is 16.4. The van der Waals surface area contributed by atoms with Gasteiger partial charge in [0.05, 0.1) is 13.2 Å². The first-order chi connectivity index (χ1) is 14.2. The smallest absolute Gasteiger partial charge is 0.127 e. The van der Waals surface area contributed by atoms with Crippen LogP contribution in [0.2, 0.25) is 0 Å². The quantitative estimate of drug-likeness (QED) is 0.504. The molecule has 0 bridgehead atoms. The van der Waals surface area contributed by atoms with Gasteiger partial charge < -0.3 is 9.72 Å². The maximum absolute atomic E-state index is 14.4. The lowest BCUT2D eigenvalue weighted by Crippen LogP contribution is -2.35. The van der Waals surface area contributed by atoms with E-state index in [1.165, 1.54) is 28.3 Å². The molecule has 1 atom stereocenters. The molecule has 1 aromatic heterocycles. The van der Waals surface area contributed by atoms with Crippen molar-refractivity contribution >= 4 is 10.9 Å². The molecule has 29 heavy (non-hydrogen) atoms. The standard InChI is InChI=1S/C25H23FN2O/c1-29-19-12-10-17(11-13-19)25-24-21(20-7-3-5-9-23(20)27-24)14-15-28(25)16-18-6-2-4-8-22(18)26/h2-13,25,27H,14-16H2,1H3. The number of rotatable bonds is 4. The number of ether oxygens (including phenoxy) is 1. The number of nitrogens with one attached hydrogen (secondary N) is 1. The minimum absolute atomic E-state index is 0.0386. The van der Waals surface area contributed by atoms with Gasteiger partial charge in [-0.3, -0.25) is 4.90 Å². The Kier molecular flexibility index (Phi) is 4.57. The molecule has 4 heteroatoms. The van der Waals surface area contributed by atoms with Gasteiger partial charge in [-0.1, -0.05) is 48.5 Å². The van der Waals surface area contributed by atoms with E-state index < -0.39 is 0 Å². The second-order valence-corrected chi connectivity index (χ2v) is 7.55. The summed E-state index contributed by atoms with van der Waals surface area (Å²) < 4.78 is 19.7. The largest absolute Gasteiger partial charge is 0.497 e. The molecule has 0 saturated heterocycles. The van der Waals surface area contributed by atoms with Gasteiger partial charge in [0.15, 0.2) is 0 Å². The Labute approximate surface area is 169 Å². The molecule has 0 spiro atoms. The Morgan fingerprint density at radius 3 is 2.55 bits per heavy atom. The van der Waals surface area contributed by atoms with E-state index in [-0.39, 0.29) is 11.9 Å². The average molecular weight is 386 g/mol. The van der Waals surface area contributed by atoms with Gasteiger partial charge in [-0.25, -0.2) is 4.39 Å². The van der Waals surface area contributed by atoms with Gasteiger partial charge in [0.2, 0.25) is 0 Å². The molecule has 4 aromatic rings. The molecular formula is C25H23FN2O. The minimum Gasteiger partial charge on any atom is -0.497 e. The highest BCUT2D eigenvalue weighted by atomic mass is 19.1. The molecule has 1 N–H and O–H groups in total. The van der Waals surface area contributed by atoms with Crippen LogP contribution in [0.15, 0.2) is 72.8 Å². The Balaban J connectivity index is 1.61. The molecule has 3 nitrogen and oxygen atoms in total. The van der Waals surface area contributed by atoms with Crippen LogP contribution in [0.4, 0.5) is 4.39 Å². The molecule has 2 heterocycles. The minimum atomic E-state index is -0.150. The van der Waals surface area contributed by atoms with Gasteiger partial charge in [-0.2, -0.15) is 0 Å². The number of H-pyrrole nitrogens is 1. The first kappa shape index (κ1) is 18.0. The lowest BCUT2D eigenvalue weighted by atomic mass is 9.92. The Bertz CT molecular complexity index is 1150. The fourth-order valence-corrected chi connectivity index (χ4v) is 4.47. The van der Waals surface area contributed by atoms with Gasteiger partial charge >= 0.3 is 0 Å². The highest BCUT2D eigenvalue weighted by Gasteiger charge is 2.32. The van der Waals surface area contributed by atoms with Gasteiger partial charge in [-0.05, 0) is 41.8 Å². The summed E-state index contributed by atoms with van der Waals surface area (Å²) >= 11 is 0. The maximum atomic E-state index is 14.4. The number of para-hydroxylation sites is 1. The van der Waals surface area contributed by atoms with Crippen molar-refractivity contribution in [2.24, 2.45) is 0 Å². The zero-order chi connectivity index (χ0) is 19.8. The number of methoxy groups -OCH3 is 1. The highest BCUT2D eigenvalue weighted by molar-refractivity contribution is 5.85. The van der Waals surface area contributed by atoms with Crippen LogP contribution >= 0.6 is 0 Å². The number of hydrogen-bond donors (Lipinski definition) is 1. The maximum Gasteiger partial charge on any atom is 0.127 e. The van der Waals surface area contributed by atoms with E-state index in [0.29, 0.717) is 6.54 Å². The number of hydrogen-bond acceptors (Lipinski definition) is 2. The van der Waals surface area contributed by atoms with Crippen LogP contribution in [-0.4, -0.2) is 23.5 Å². The summed E-state index contributed by atoms with van der Waals surface area (Å²) in [5, 5.41) is 1.28. The third-order valence-corrected chi connectivity index (χ3v) is 5.90. The number of halogens is 1. The number of aromatic nitrogens is 1. The van der Waals surface area contributed by atoms with E-state index in [1.54, 1.807) is 13.2 Å². The average Bonchev–Trinajstić information content (AvgIpc) is 3.14. The lowest BCUT2D eigenvalue weighted by molar-refractivity contribution is 0.199. The molecule has 0 fully saturated rings. The predicted molar refractivity (Wildman–Crippen MR) is 114 cm³/mol. The van der Waals surface area contributed by atoms with Crippen molar-refractivity contribution in [2.75, 3.05) is 13.7 Å². The molecule has 146 valence electrons. The molecule has 3 aromatic carbocycles. The van der Waals surface area contributed by atoms with E-state index in [4.69, 9.17) is 4.74 Å². The van der Waals surface area contributed by atoms with Crippen LogP contribution in [0.5, 0.6) is 5.75 Å². The second-order valence-electron chi connectivity index (χ2n) is 7.55. The predicted octanol–water partition coefficient (Wildman–Crippen LogP) is 5.46. The molecule has 0 saturated carbocycles. The number of nitrogens with zero attached hydrogens (tertiary/aromatic N) is 1. The number of benzene rings is 3. The SMILES string of the molecule is COc1ccc(C2c3[nH]c4ccccc4c3CCN2Cc2ccccc2F)cc1. The molecule has 0 amide bonds. The number of fused-ring (bicyclic) bond motifs is 3. The first-order valence-electron chi connectivity index (χ1n) is 9.95. The van der Waals surface area contributed by atoms with Gasteiger partial charge in [0, 0.05) is 35.2 Å². The molecule has 1 aliphatic heterocycles. The van der Waals surface area contributed by atoms with E-state index >= 15 is 0 Å². The fourth-order valence-electron chi connectivity index (χ4n) is 4.47. The molecule has 0 aliphatic carbocycles. The second kappa shape index (κ2) is 7.37. The van der Waals surface area contributed by atoms with E-state index in [2.05, 4.69) is 46.3 Å². The molecular weight excluding hydrogens is 363 g/mol. The van der Waals surface area contributed by atoms with Crippen molar-refractivity contribution in [3.8, 4) is 5.75 Å². The molecule has 0 radical (unpaired) electrons. The molecule has 1 aliphatic rings. The van der Waals surface area contributed by atoms with E-state index in [1.807, 2.05) is 24.3 Å². The fraction of sp³-hybridized carbons (Fsp3) is 0.200. The van der Waals surface area contributed by atoms with Crippen LogP contribution in [0.1, 0.15) is 28.4 Å². The van der Waals surface area contributed by atoms with Crippen molar-refractivity contribution in [2.45, 2.75) is 19.0 Å². The summed E-state index contributed by atoms with van der Waals surface area (Å²) in [5.74, 6) is 0.686. The van der Waals surface area contributed by atoms with Crippen molar-refractivity contribution < 1.29 is 9.13 Å². The van der Waals surface area contributed by atoms with Gasteiger partial charge in [-0.15, -0.1) is 0 Å². The summed E-state index contributed by atoms with van der Waals surface area (Å²) in [4.78, 5) is 6.02. The van der Waals surface area contributed by atoms with Crippen LogP contribution in [0.3, 0.4) is 0 Å². The Morgan fingerprint density at radius 2 is 1.76 bits per heavy atom. The Morgan fingerprint density at radius 1 is 1.00 bits per heavy atom. The van der Waals surface area contributed by atoms with E-state index in [0.717, 1.165) is 29.8 Å². The molecule has 1 unspecified atom stereocenters. The third kappa shape index (κ3) is 3.19. The van der Waals surface area contributed by atoms with Gasteiger partial charge in [0.25, 0.3) is 0 Å². The topological polar surface area (TPSA) is 28.3 Å². The summed E-state index contributed by atoms with van der Waals surface area (Å²) in [6.07, 6.45) is 0.945. The van der Waals surface area contributed by atoms with Crippen molar-refractivity contribution in [3.05, 3.63) is 101 Å². The normalized spacial score (nSPS) is 16.7.